The first kappa shape index (κ1) is 18.9. The number of unbranched alkanes of at least 4 members (excludes halogenated alkanes) is 2. The Kier molecular flexibility index (Phi) is 9.54. The molecule has 0 aromatic rings. The van der Waals surface area contributed by atoms with Gasteiger partial charge in [-0.25, -0.2) is 0 Å². The second-order valence-corrected chi connectivity index (χ2v) is 7.29. The van der Waals surface area contributed by atoms with E-state index in [2.05, 4.69) is 38.0 Å². The highest BCUT2D eigenvalue weighted by atomic mass is 16.2. The summed E-state index contributed by atoms with van der Waals surface area (Å²) in [6.07, 6.45) is 7.44. The molecule has 0 bridgehead atoms. The molecule has 2 N–H and O–H groups in total. The number of aliphatic hydroxyl groups excluding tert-OH is 1. The molecule has 0 aromatic carbocycles. The van der Waals surface area contributed by atoms with Crippen molar-refractivity contribution in [3.8, 4) is 0 Å². The van der Waals surface area contributed by atoms with Crippen LogP contribution >= 0.6 is 0 Å². The smallest absolute Gasteiger partial charge is 0.0431 e. The summed E-state index contributed by atoms with van der Waals surface area (Å²) in [6, 6.07) is 0.713. The highest BCUT2D eigenvalue weighted by molar-refractivity contribution is 4.87. The lowest BCUT2D eigenvalue weighted by Gasteiger charge is -2.40. The van der Waals surface area contributed by atoms with Crippen LogP contribution in [0.5, 0.6) is 0 Å². The third kappa shape index (κ3) is 7.12. The van der Waals surface area contributed by atoms with Crippen LogP contribution in [0, 0.1) is 17.8 Å². The highest BCUT2D eigenvalue weighted by Gasteiger charge is 2.31. The average Bonchev–Trinajstić information content (AvgIpc) is 2.45. The van der Waals surface area contributed by atoms with E-state index in [1.807, 2.05) is 0 Å². The zero-order valence-electron chi connectivity index (χ0n) is 14.8. The summed E-state index contributed by atoms with van der Waals surface area (Å²) in [6.45, 7) is 10.8. The summed E-state index contributed by atoms with van der Waals surface area (Å²) in [7, 11) is 2.26. The lowest BCUT2D eigenvalue weighted by atomic mass is 9.73. The van der Waals surface area contributed by atoms with Crippen molar-refractivity contribution < 1.29 is 5.11 Å². The van der Waals surface area contributed by atoms with Crippen LogP contribution in [0.15, 0.2) is 0 Å². The van der Waals surface area contributed by atoms with E-state index in [1.54, 1.807) is 0 Å². The van der Waals surface area contributed by atoms with Gasteiger partial charge in [-0.2, -0.15) is 0 Å². The number of aliphatic hydroxyl groups is 1. The van der Waals surface area contributed by atoms with Gasteiger partial charge in [0, 0.05) is 19.2 Å². The lowest BCUT2D eigenvalue weighted by molar-refractivity contribution is 0.132. The van der Waals surface area contributed by atoms with Gasteiger partial charge < -0.3 is 15.3 Å². The predicted molar refractivity (Wildman–Crippen MR) is 91.6 cm³/mol. The third-order valence-corrected chi connectivity index (χ3v) is 5.18. The Morgan fingerprint density at radius 3 is 2.57 bits per heavy atom. The Bertz CT molecular complexity index is 258. The molecular weight excluding hydrogens is 260 g/mol. The molecule has 3 unspecified atom stereocenters. The lowest BCUT2D eigenvalue weighted by Crippen LogP contribution is -2.46. The van der Waals surface area contributed by atoms with Gasteiger partial charge in [-0.3, -0.25) is 0 Å². The van der Waals surface area contributed by atoms with Crippen molar-refractivity contribution in [2.24, 2.45) is 17.8 Å². The van der Waals surface area contributed by atoms with Gasteiger partial charge in [0.2, 0.25) is 0 Å². The highest BCUT2D eigenvalue weighted by Crippen LogP contribution is 2.34. The van der Waals surface area contributed by atoms with E-state index in [9.17, 15) is 0 Å². The van der Waals surface area contributed by atoms with Crippen molar-refractivity contribution in [2.45, 2.75) is 65.3 Å². The quantitative estimate of drug-likeness (QED) is 0.608. The number of nitrogens with zero attached hydrogens (tertiary/aromatic N) is 1. The molecular formula is C18H38N2O. The van der Waals surface area contributed by atoms with Crippen molar-refractivity contribution in [2.75, 3.05) is 33.3 Å². The van der Waals surface area contributed by atoms with Gasteiger partial charge in [0.05, 0.1) is 0 Å². The maximum atomic E-state index is 8.85. The Balaban J connectivity index is 2.41. The maximum absolute atomic E-state index is 8.85. The Morgan fingerprint density at radius 2 is 1.95 bits per heavy atom. The van der Waals surface area contributed by atoms with Gasteiger partial charge in [-0.1, -0.05) is 20.8 Å². The summed E-state index contributed by atoms with van der Waals surface area (Å²) in [5.74, 6) is 2.53. The minimum atomic E-state index is 0.338. The van der Waals surface area contributed by atoms with Gasteiger partial charge in [0.15, 0.2) is 0 Å². The van der Waals surface area contributed by atoms with E-state index >= 15 is 0 Å². The van der Waals surface area contributed by atoms with Crippen molar-refractivity contribution in [3.05, 3.63) is 0 Å². The standard InChI is InChI=1S/C18H38N2O/c1-5-19-18-10-9-16(15(2)3)13-17(18)14-20(4)11-7-6-8-12-21/h15-19,21H,5-14H2,1-4H3. The number of rotatable bonds is 10. The van der Waals surface area contributed by atoms with E-state index in [0.717, 1.165) is 37.1 Å². The van der Waals surface area contributed by atoms with Crippen molar-refractivity contribution in [3.63, 3.8) is 0 Å². The predicted octanol–water partition coefficient (Wildman–Crippen LogP) is 3.13. The summed E-state index contributed by atoms with van der Waals surface area (Å²) in [5.41, 5.74) is 0. The minimum Gasteiger partial charge on any atom is -0.396 e. The van der Waals surface area contributed by atoms with Crippen LogP contribution in [0.3, 0.4) is 0 Å². The van der Waals surface area contributed by atoms with Gasteiger partial charge in [0.25, 0.3) is 0 Å². The molecule has 126 valence electrons. The first-order valence-electron chi connectivity index (χ1n) is 9.11. The van der Waals surface area contributed by atoms with Gasteiger partial charge >= 0.3 is 0 Å². The van der Waals surface area contributed by atoms with E-state index in [-0.39, 0.29) is 0 Å². The van der Waals surface area contributed by atoms with Gasteiger partial charge in [0.1, 0.15) is 0 Å². The van der Waals surface area contributed by atoms with Gasteiger partial charge in [-0.15, -0.1) is 0 Å². The van der Waals surface area contributed by atoms with Crippen LogP contribution < -0.4 is 5.32 Å². The monoisotopic (exact) mass is 298 g/mol. The molecule has 3 atom stereocenters. The first-order valence-corrected chi connectivity index (χ1v) is 9.11. The Labute approximate surface area is 132 Å². The molecule has 0 radical (unpaired) electrons. The fourth-order valence-electron chi connectivity index (χ4n) is 3.80. The third-order valence-electron chi connectivity index (χ3n) is 5.18. The molecule has 0 amide bonds. The van der Waals surface area contributed by atoms with E-state index in [1.165, 1.54) is 38.8 Å². The normalized spacial score (nSPS) is 26.7. The molecule has 1 rings (SSSR count). The molecule has 1 saturated carbocycles. The first-order chi connectivity index (χ1) is 10.1. The van der Waals surface area contributed by atoms with Crippen molar-refractivity contribution in [1.82, 2.24) is 10.2 Å². The Hall–Kier alpha value is -0.120. The molecule has 0 heterocycles. The largest absolute Gasteiger partial charge is 0.396 e. The van der Waals surface area contributed by atoms with E-state index in [0.29, 0.717) is 12.6 Å². The zero-order valence-corrected chi connectivity index (χ0v) is 14.8. The van der Waals surface area contributed by atoms with E-state index in [4.69, 9.17) is 5.11 Å². The maximum Gasteiger partial charge on any atom is 0.0431 e. The Morgan fingerprint density at radius 1 is 1.19 bits per heavy atom. The van der Waals surface area contributed by atoms with E-state index < -0.39 is 0 Å². The molecule has 3 heteroatoms. The fraction of sp³-hybridized carbons (Fsp3) is 1.00. The molecule has 0 spiro atoms. The molecule has 1 aliphatic rings. The molecule has 21 heavy (non-hydrogen) atoms. The van der Waals surface area contributed by atoms with Crippen molar-refractivity contribution in [1.29, 1.82) is 0 Å². The second kappa shape index (κ2) is 10.6. The SMILES string of the molecule is CCNC1CCC(C(C)C)CC1CN(C)CCCCCO. The summed E-state index contributed by atoms with van der Waals surface area (Å²) >= 11 is 0. The average molecular weight is 299 g/mol. The summed E-state index contributed by atoms with van der Waals surface area (Å²) in [5, 5.41) is 12.6. The van der Waals surface area contributed by atoms with Crippen LogP contribution in [0.2, 0.25) is 0 Å². The topological polar surface area (TPSA) is 35.5 Å². The molecule has 1 fully saturated rings. The van der Waals surface area contributed by atoms with Crippen molar-refractivity contribution >= 4 is 0 Å². The molecule has 0 saturated heterocycles. The summed E-state index contributed by atoms with van der Waals surface area (Å²) in [4.78, 5) is 2.51. The van der Waals surface area contributed by atoms with Crippen LogP contribution in [-0.4, -0.2) is 49.3 Å². The second-order valence-electron chi connectivity index (χ2n) is 7.29. The van der Waals surface area contributed by atoms with Crippen LogP contribution in [0.1, 0.15) is 59.3 Å². The van der Waals surface area contributed by atoms with Crippen LogP contribution in [-0.2, 0) is 0 Å². The fourth-order valence-corrected chi connectivity index (χ4v) is 3.80. The van der Waals surface area contributed by atoms with Crippen LogP contribution in [0.25, 0.3) is 0 Å². The van der Waals surface area contributed by atoms with Gasteiger partial charge in [-0.05, 0) is 76.4 Å². The van der Waals surface area contributed by atoms with Crippen LogP contribution in [0.4, 0.5) is 0 Å². The number of hydrogen-bond donors (Lipinski definition) is 2. The molecule has 0 aromatic heterocycles. The molecule has 1 aliphatic carbocycles. The number of hydrogen-bond acceptors (Lipinski definition) is 3. The molecule has 0 aliphatic heterocycles. The number of nitrogens with one attached hydrogen (secondary N) is 1. The zero-order chi connectivity index (χ0) is 15.7. The summed E-state index contributed by atoms with van der Waals surface area (Å²) < 4.78 is 0. The molecule has 3 nitrogen and oxygen atoms in total. The minimum absolute atomic E-state index is 0.338.